The van der Waals surface area contributed by atoms with Gasteiger partial charge in [-0.1, -0.05) is 38.1 Å². The second kappa shape index (κ2) is 12.1. The largest absolute Gasteiger partial charge is 0.493 e. The van der Waals surface area contributed by atoms with Crippen molar-refractivity contribution in [2.75, 3.05) is 38.4 Å². The number of amides is 1. The Balaban J connectivity index is 0.00000158. The molecular formula is C28H35N3O3. The van der Waals surface area contributed by atoms with Crippen LogP contribution in [0.3, 0.4) is 0 Å². The number of anilines is 2. The molecule has 0 aliphatic carbocycles. The fraction of sp³-hybridized carbons (Fsp3) is 0.321. The van der Waals surface area contributed by atoms with Crippen molar-refractivity contribution in [3.63, 3.8) is 0 Å². The molecule has 6 nitrogen and oxygen atoms in total. The molecule has 1 aliphatic rings. The van der Waals surface area contributed by atoms with Crippen molar-refractivity contribution in [1.29, 1.82) is 0 Å². The maximum atomic E-state index is 12.4. The summed E-state index contributed by atoms with van der Waals surface area (Å²) in [5, 5.41) is 2.91. The Morgan fingerprint density at radius 3 is 2.26 bits per heavy atom. The van der Waals surface area contributed by atoms with Gasteiger partial charge in [-0.05, 0) is 65.9 Å². The van der Waals surface area contributed by atoms with E-state index in [-0.39, 0.29) is 5.91 Å². The molecule has 3 aromatic carbocycles. The summed E-state index contributed by atoms with van der Waals surface area (Å²) in [6, 6.07) is 19.3. The van der Waals surface area contributed by atoms with Crippen molar-refractivity contribution in [2.45, 2.75) is 33.2 Å². The molecule has 1 aliphatic heterocycles. The zero-order chi connectivity index (χ0) is 24.5. The zero-order valence-electron chi connectivity index (χ0n) is 20.6. The van der Waals surface area contributed by atoms with Gasteiger partial charge >= 0.3 is 0 Å². The highest BCUT2D eigenvalue weighted by Crippen LogP contribution is 2.33. The maximum absolute atomic E-state index is 12.4. The molecule has 0 spiro atoms. The topological polar surface area (TPSA) is 76.8 Å². The highest BCUT2D eigenvalue weighted by Gasteiger charge is 2.19. The molecule has 0 saturated heterocycles. The zero-order valence-corrected chi connectivity index (χ0v) is 20.6. The molecule has 0 bridgehead atoms. The molecule has 3 N–H and O–H groups in total. The minimum absolute atomic E-state index is 0.199. The van der Waals surface area contributed by atoms with Crippen molar-refractivity contribution < 1.29 is 14.3 Å². The molecule has 0 fully saturated rings. The molecule has 0 aromatic heterocycles. The Kier molecular flexibility index (Phi) is 8.93. The number of benzene rings is 3. The summed E-state index contributed by atoms with van der Waals surface area (Å²) < 4.78 is 10.9. The Hall–Kier alpha value is -3.51. The summed E-state index contributed by atoms with van der Waals surface area (Å²) in [6.45, 7) is 6.90. The van der Waals surface area contributed by atoms with Gasteiger partial charge in [0.1, 0.15) is 0 Å². The third-order valence-electron chi connectivity index (χ3n) is 5.93. The third-order valence-corrected chi connectivity index (χ3v) is 5.93. The fourth-order valence-electron chi connectivity index (χ4n) is 4.08. The summed E-state index contributed by atoms with van der Waals surface area (Å²) in [6.07, 6.45) is 1.95. The smallest absolute Gasteiger partial charge is 0.257 e. The minimum Gasteiger partial charge on any atom is -0.493 e. The van der Waals surface area contributed by atoms with E-state index >= 15 is 0 Å². The van der Waals surface area contributed by atoms with Crippen molar-refractivity contribution in [1.82, 2.24) is 4.90 Å². The van der Waals surface area contributed by atoms with Crippen molar-refractivity contribution in [2.24, 2.45) is 0 Å². The van der Waals surface area contributed by atoms with E-state index in [1.807, 2.05) is 32.0 Å². The van der Waals surface area contributed by atoms with Crippen LogP contribution < -0.4 is 20.5 Å². The quantitative estimate of drug-likeness (QED) is 0.475. The van der Waals surface area contributed by atoms with Gasteiger partial charge in [0, 0.05) is 31.0 Å². The SMILES string of the molecule is CC.COc1cc2c(cc1OC)CN(CCc1ccc(NC(=O)c3ccccc3N)cc1)CC2. The number of nitrogens with zero attached hydrogens (tertiary/aromatic N) is 1. The molecule has 1 amide bonds. The lowest BCUT2D eigenvalue weighted by molar-refractivity contribution is 0.102. The summed E-state index contributed by atoms with van der Waals surface area (Å²) in [5.41, 5.74) is 11.5. The average Bonchev–Trinajstić information content (AvgIpc) is 2.88. The van der Waals surface area contributed by atoms with Crippen molar-refractivity contribution >= 4 is 17.3 Å². The van der Waals surface area contributed by atoms with Crippen LogP contribution in [0.1, 0.15) is 40.9 Å². The van der Waals surface area contributed by atoms with Crippen LogP contribution in [0.25, 0.3) is 0 Å². The van der Waals surface area contributed by atoms with E-state index in [2.05, 4.69) is 34.5 Å². The lowest BCUT2D eigenvalue weighted by Crippen LogP contribution is -2.32. The van der Waals surface area contributed by atoms with Crippen LogP contribution in [-0.4, -0.2) is 38.1 Å². The van der Waals surface area contributed by atoms with E-state index < -0.39 is 0 Å². The number of para-hydroxylation sites is 1. The number of carbonyl (C=O) groups excluding carboxylic acids is 1. The molecule has 0 saturated carbocycles. The van der Waals surface area contributed by atoms with E-state index in [1.54, 1.807) is 32.4 Å². The number of rotatable bonds is 7. The van der Waals surface area contributed by atoms with E-state index in [0.717, 1.165) is 49.7 Å². The lowest BCUT2D eigenvalue weighted by atomic mass is 9.98. The van der Waals surface area contributed by atoms with Crippen LogP contribution >= 0.6 is 0 Å². The number of hydrogen-bond donors (Lipinski definition) is 2. The molecular weight excluding hydrogens is 426 g/mol. The molecule has 6 heteroatoms. The van der Waals surface area contributed by atoms with Gasteiger partial charge < -0.3 is 20.5 Å². The third kappa shape index (κ3) is 6.08. The van der Waals surface area contributed by atoms with Crippen molar-refractivity contribution in [3.05, 3.63) is 82.9 Å². The van der Waals surface area contributed by atoms with Crippen LogP contribution in [-0.2, 0) is 19.4 Å². The molecule has 0 atom stereocenters. The maximum Gasteiger partial charge on any atom is 0.257 e. The number of nitrogen functional groups attached to an aromatic ring is 1. The number of hydrogen-bond acceptors (Lipinski definition) is 5. The van der Waals surface area contributed by atoms with Crippen LogP contribution in [0.15, 0.2) is 60.7 Å². The summed E-state index contributed by atoms with van der Waals surface area (Å²) in [5.74, 6) is 1.37. The summed E-state index contributed by atoms with van der Waals surface area (Å²) >= 11 is 0. The van der Waals surface area contributed by atoms with Gasteiger partial charge in [0.05, 0.1) is 19.8 Å². The van der Waals surface area contributed by atoms with Crippen LogP contribution in [0.4, 0.5) is 11.4 Å². The molecule has 0 radical (unpaired) electrons. The van der Waals surface area contributed by atoms with E-state index in [0.29, 0.717) is 11.3 Å². The van der Waals surface area contributed by atoms with Gasteiger partial charge in [0.25, 0.3) is 5.91 Å². The van der Waals surface area contributed by atoms with Gasteiger partial charge in [0.2, 0.25) is 0 Å². The number of ether oxygens (including phenoxy) is 2. The molecule has 3 aromatic rings. The van der Waals surface area contributed by atoms with Gasteiger partial charge in [-0.2, -0.15) is 0 Å². The highest BCUT2D eigenvalue weighted by molar-refractivity contribution is 6.07. The average molecular weight is 462 g/mol. The van der Waals surface area contributed by atoms with Crippen LogP contribution in [0.5, 0.6) is 11.5 Å². The predicted molar refractivity (Wildman–Crippen MR) is 139 cm³/mol. The molecule has 1 heterocycles. The summed E-state index contributed by atoms with van der Waals surface area (Å²) in [7, 11) is 3.35. The number of methoxy groups -OCH3 is 2. The second-order valence-electron chi connectivity index (χ2n) is 7.99. The highest BCUT2D eigenvalue weighted by atomic mass is 16.5. The molecule has 180 valence electrons. The molecule has 0 unspecified atom stereocenters. The van der Waals surface area contributed by atoms with E-state index in [1.165, 1.54) is 16.7 Å². The first-order chi connectivity index (χ1) is 16.6. The van der Waals surface area contributed by atoms with Gasteiger partial charge in [-0.3, -0.25) is 9.69 Å². The molecule has 34 heavy (non-hydrogen) atoms. The minimum atomic E-state index is -0.199. The van der Waals surface area contributed by atoms with Crippen LogP contribution in [0.2, 0.25) is 0 Å². The number of nitrogens with two attached hydrogens (primary N) is 1. The summed E-state index contributed by atoms with van der Waals surface area (Å²) in [4.78, 5) is 14.9. The Morgan fingerprint density at radius 2 is 1.62 bits per heavy atom. The first-order valence-electron chi connectivity index (χ1n) is 11.8. The first kappa shape index (κ1) is 25.1. The standard InChI is InChI=1S/C26H29N3O3.C2H6/c1-31-24-15-19-12-14-29(17-20(19)16-25(24)32-2)13-11-18-7-9-21(10-8-18)28-26(30)22-5-3-4-6-23(22)27;1-2/h3-10,15-16H,11-14,17,27H2,1-2H3,(H,28,30);1-2H3. The predicted octanol–water partition coefficient (Wildman–Crippen LogP) is 5.17. The number of nitrogens with one attached hydrogen (secondary N) is 1. The monoisotopic (exact) mass is 461 g/mol. The van der Waals surface area contributed by atoms with Crippen LogP contribution in [0, 0.1) is 0 Å². The van der Waals surface area contributed by atoms with E-state index in [9.17, 15) is 4.79 Å². The van der Waals surface area contributed by atoms with Gasteiger partial charge in [0.15, 0.2) is 11.5 Å². The number of carbonyl (C=O) groups is 1. The Bertz CT molecular complexity index is 1100. The van der Waals surface area contributed by atoms with Gasteiger partial charge in [-0.25, -0.2) is 0 Å². The Labute approximate surface area is 202 Å². The fourth-order valence-corrected chi connectivity index (χ4v) is 4.08. The normalized spacial score (nSPS) is 12.7. The van der Waals surface area contributed by atoms with E-state index in [4.69, 9.17) is 15.2 Å². The molecule has 4 rings (SSSR count). The lowest BCUT2D eigenvalue weighted by Gasteiger charge is -2.29. The number of fused-ring (bicyclic) bond motifs is 1. The first-order valence-corrected chi connectivity index (χ1v) is 11.8. The Morgan fingerprint density at radius 1 is 0.971 bits per heavy atom. The van der Waals surface area contributed by atoms with Gasteiger partial charge in [-0.15, -0.1) is 0 Å². The second-order valence-corrected chi connectivity index (χ2v) is 7.99. The van der Waals surface area contributed by atoms with Crippen molar-refractivity contribution in [3.8, 4) is 11.5 Å².